The highest BCUT2D eigenvalue weighted by atomic mass is 31.2. The van der Waals surface area contributed by atoms with Gasteiger partial charge in [-0.15, -0.1) is 0 Å². The summed E-state index contributed by atoms with van der Waals surface area (Å²) in [5.41, 5.74) is -5.15. The summed E-state index contributed by atoms with van der Waals surface area (Å²) >= 11 is 0. The predicted molar refractivity (Wildman–Crippen MR) is 97.6 cm³/mol. The number of hydrogen-bond donors (Lipinski definition) is 3. The van der Waals surface area contributed by atoms with E-state index in [1.165, 1.54) is 6.07 Å². The van der Waals surface area contributed by atoms with Gasteiger partial charge in [0.05, 0.1) is 19.4 Å². The number of hydrogen-bond acceptors (Lipinski definition) is 9. The molecule has 3 heterocycles. The number of phosphoric acid groups is 1. The van der Waals surface area contributed by atoms with E-state index < -0.39 is 62.0 Å². The van der Waals surface area contributed by atoms with Crippen molar-refractivity contribution < 1.29 is 46.3 Å². The molecule has 2 aliphatic heterocycles. The number of rotatable bonds is 5. The molecule has 32 heavy (non-hydrogen) atoms. The van der Waals surface area contributed by atoms with E-state index in [0.29, 0.717) is 16.3 Å². The minimum Gasteiger partial charge on any atom is -0.404 e. The number of benzene rings is 1. The first kappa shape index (κ1) is 22.7. The van der Waals surface area contributed by atoms with Gasteiger partial charge in [0.15, 0.2) is 11.8 Å². The van der Waals surface area contributed by atoms with Gasteiger partial charge in [0.25, 0.3) is 12.0 Å². The SMILES string of the molecule is O=c1[nH]c(=O)n(C2OC(COP3(=O)OCc4ccccc4O3)(C(F)F)C(O)C2O)cc1F. The summed E-state index contributed by atoms with van der Waals surface area (Å²) in [5, 5.41) is 20.6. The number of aromatic amines is 1. The van der Waals surface area contributed by atoms with E-state index in [1.807, 2.05) is 0 Å². The van der Waals surface area contributed by atoms with Crippen molar-refractivity contribution in [3.05, 3.63) is 62.7 Å². The lowest BCUT2D eigenvalue weighted by atomic mass is 9.96. The molecule has 2 aliphatic rings. The van der Waals surface area contributed by atoms with E-state index in [4.69, 9.17) is 18.3 Å². The molecule has 1 aromatic heterocycles. The van der Waals surface area contributed by atoms with E-state index in [0.717, 1.165) is 0 Å². The van der Waals surface area contributed by atoms with Crippen LogP contribution in [0.15, 0.2) is 40.1 Å². The van der Waals surface area contributed by atoms with Gasteiger partial charge in [-0.3, -0.25) is 23.4 Å². The van der Waals surface area contributed by atoms with E-state index in [-0.39, 0.29) is 12.4 Å². The molecule has 174 valence electrons. The smallest absolute Gasteiger partial charge is 0.404 e. The standard InChI is InChI=1S/C17H16F3N2O9P/c18-9-5-22(16(26)21-13(9)25)14-11(23)12(24)17(30-14,15(19)20)7-29-32(27)28-6-8-3-1-2-4-10(8)31-32/h1-5,11-12,14-15,23-24H,6-7H2,(H,21,25,26). The normalized spacial score (nSPS) is 32.0. The minimum atomic E-state index is -4.42. The number of alkyl halides is 2. The number of phosphoric ester groups is 1. The fraction of sp³-hybridized carbons (Fsp3) is 0.412. The highest BCUT2D eigenvalue weighted by molar-refractivity contribution is 7.49. The summed E-state index contributed by atoms with van der Waals surface area (Å²) < 4.78 is 74.8. The van der Waals surface area contributed by atoms with Crippen molar-refractivity contribution in [1.82, 2.24) is 9.55 Å². The van der Waals surface area contributed by atoms with Crippen LogP contribution in [0.4, 0.5) is 13.2 Å². The third-order valence-electron chi connectivity index (χ3n) is 5.03. The first-order chi connectivity index (χ1) is 15.1. The fourth-order valence-electron chi connectivity index (χ4n) is 3.29. The van der Waals surface area contributed by atoms with E-state index >= 15 is 0 Å². The second-order valence-electron chi connectivity index (χ2n) is 7.04. The Hall–Kier alpha value is -2.48. The summed E-state index contributed by atoms with van der Waals surface area (Å²) in [6, 6.07) is 6.31. The number of aliphatic hydroxyl groups is 2. The maximum atomic E-state index is 14.0. The zero-order valence-electron chi connectivity index (χ0n) is 15.9. The van der Waals surface area contributed by atoms with Crippen LogP contribution in [0.1, 0.15) is 11.8 Å². The molecule has 5 unspecified atom stereocenters. The number of fused-ring (bicyclic) bond motifs is 1. The van der Waals surface area contributed by atoms with Crippen LogP contribution >= 0.6 is 7.82 Å². The summed E-state index contributed by atoms with van der Waals surface area (Å²) in [4.78, 5) is 24.7. The monoisotopic (exact) mass is 480 g/mol. The van der Waals surface area contributed by atoms with Crippen LogP contribution in [0.3, 0.4) is 0 Å². The maximum Gasteiger partial charge on any atom is 0.530 e. The average Bonchev–Trinajstić information content (AvgIpc) is 3.01. The Labute approximate surface area is 176 Å². The Morgan fingerprint density at radius 3 is 2.75 bits per heavy atom. The topological polar surface area (TPSA) is 149 Å². The van der Waals surface area contributed by atoms with Crippen LogP contribution in [0.2, 0.25) is 0 Å². The third kappa shape index (κ3) is 3.78. The number of halogens is 3. The van der Waals surface area contributed by atoms with Gasteiger partial charge >= 0.3 is 13.5 Å². The molecule has 0 aliphatic carbocycles. The number of nitrogens with zero attached hydrogens (tertiary/aromatic N) is 1. The molecule has 0 saturated carbocycles. The molecule has 0 radical (unpaired) electrons. The molecule has 1 fully saturated rings. The molecule has 2 aromatic rings. The molecule has 1 saturated heterocycles. The lowest BCUT2D eigenvalue weighted by Crippen LogP contribution is -2.52. The summed E-state index contributed by atoms with van der Waals surface area (Å²) in [5.74, 6) is -1.33. The predicted octanol–water partition coefficient (Wildman–Crippen LogP) is 0.664. The lowest BCUT2D eigenvalue weighted by molar-refractivity contribution is -0.194. The van der Waals surface area contributed by atoms with Gasteiger partial charge in [0, 0.05) is 5.56 Å². The van der Waals surface area contributed by atoms with Crippen molar-refractivity contribution in [2.45, 2.75) is 37.1 Å². The number of aliphatic hydroxyl groups excluding tert-OH is 2. The van der Waals surface area contributed by atoms with Gasteiger partial charge < -0.3 is 19.5 Å². The Kier molecular flexibility index (Phi) is 5.77. The number of ether oxygens (including phenoxy) is 1. The largest absolute Gasteiger partial charge is 0.530 e. The minimum absolute atomic E-state index is 0.134. The van der Waals surface area contributed by atoms with Crippen LogP contribution in [0.25, 0.3) is 0 Å². The summed E-state index contributed by atoms with van der Waals surface area (Å²) in [7, 11) is -4.42. The van der Waals surface area contributed by atoms with Gasteiger partial charge in [-0.1, -0.05) is 18.2 Å². The lowest BCUT2D eigenvalue weighted by Gasteiger charge is -2.32. The summed E-state index contributed by atoms with van der Waals surface area (Å²) in [6.07, 6.45) is -9.79. The second kappa shape index (κ2) is 8.14. The Morgan fingerprint density at radius 1 is 1.31 bits per heavy atom. The molecule has 1 aromatic carbocycles. The van der Waals surface area contributed by atoms with Crippen molar-refractivity contribution in [2.24, 2.45) is 0 Å². The van der Waals surface area contributed by atoms with Gasteiger partial charge in [-0.25, -0.2) is 18.1 Å². The molecular weight excluding hydrogens is 464 g/mol. The van der Waals surface area contributed by atoms with Crippen molar-refractivity contribution in [2.75, 3.05) is 6.61 Å². The van der Waals surface area contributed by atoms with E-state index in [9.17, 15) is 37.5 Å². The third-order valence-corrected chi connectivity index (χ3v) is 6.34. The van der Waals surface area contributed by atoms with E-state index in [1.54, 1.807) is 23.2 Å². The molecule has 5 atom stereocenters. The zero-order chi connectivity index (χ0) is 23.3. The quantitative estimate of drug-likeness (QED) is 0.525. The molecule has 3 N–H and O–H groups in total. The molecule has 0 spiro atoms. The van der Waals surface area contributed by atoms with Gasteiger partial charge in [0.2, 0.25) is 5.82 Å². The molecule has 11 nitrogen and oxygen atoms in total. The van der Waals surface area contributed by atoms with Crippen LogP contribution in [-0.4, -0.2) is 50.6 Å². The average molecular weight is 480 g/mol. The molecule has 15 heteroatoms. The van der Waals surface area contributed by atoms with Gasteiger partial charge in [0.1, 0.15) is 18.0 Å². The second-order valence-corrected chi connectivity index (χ2v) is 8.63. The van der Waals surface area contributed by atoms with Crippen LogP contribution < -0.4 is 15.8 Å². The summed E-state index contributed by atoms with van der Waals surface area (Å²) in [6.45, 7) is -1.50. The molecular formula is C17H16F3N2O9P. The van der Waals surface area contributed by atoms with Crippen LogP contribution in [0, 0.1) is 5.82 Å². The Balaban J connectivity index is 1.60. The maximum absolute atomic E-state index is 14.0. The highest BCUT2D eigenvalue weighted by Gasteiger charge is 2.62. The van der Waals surface area contributed by atoms with Crippen molar-refractivity contribution in [3.8, 4) is 5.75 Å². The molecule has 0 bridgehead atoms. The number of nitrogens with one attached hydrogen (secondary N) is 1. The fourth-order valence-corrected chi connectivity index (χ4v) is 4.55. The first-order valence-electron chi connectivity index (χ1n) is 9.06. The van der Waals surface area contributed by atoms with Crippen molar-refractivity contribution in [1.29, 1.82) is 0 Å². The van der Waals surface area contributed by atoms with Crippen LogP contribution in [-0.2, 0) is 25.0 Å². The van der Waals surface area contributed by atoms with Gasteiger partial charge in [-0.05, 0) is 6.07 Å². The number of para-hydroxylation sites is 1. The molecule has 4 rings (SSSR count). The Morgan fingerprint density at radius 2 is 2.03 bits per heavy atom. The number of H-pyrrole nitrogens is 1. The van der Waals surface area contributed by atoms with E-state index in [2.05, 4.69) is 0 Å². The van der Waals surface area contributed by atoms with Crippen molar-refractivity contribution >= 4 is 7.82 Å². The zero-order valence-corrected chi connectivity index (χ0v) is 16.8. The number of aromatic nitrogens is 2. The van der Waals surface area contributed by atoms with Gasteiger partial charge in [-0.2, -0.15) is 4.39 Å². The molecule has 0 amide bonds. The first-order valence-corrected chi connectivity index (χ1v) is 10.5. The van der Waals surface area contributed by atoms with Crippen LogP contribution in [0.5, 0.6) is 5.75 Å². The van der Waals surface area contributed by atoms with Crippen molar-refractivity contribution in [3.63, 3.8) is 0 Å². The highest BCUT2D eigenvalue weighted by Crippen LogP contribution is 2.56. The Bertz CT molecular complexity index is 1190.